The monoisotopic (exact) mass is 431 g/mol. The summed E-state index contributed by atoms with van der Waals surface area (Å²) in [6.07, 6.45) is 0. The van der Waals surface area contributed by atoms with Gasteiger partial charge in [0, 0.05) is 5.38 Å². The van der Waals surface area contributed by atoms with Crippen LogP contribution in [-0.4, -0.2) is 16.1 Å². The fourth-order valence-electron chi connectivity index (χ4n) is 3.51. The summed E-state index contributed by atoms with van der Waals surface area (Å²) < 4.78 is 0. The second kappa shape index (κ2) is 9.09. The van der Waals surface area contributed by atoms with Crippen LogP contribution in [0.4, 0.5) is 5.13 Å². The van der Waals surface area contributed by atoms with Crippen LogP contribution in [0.1, 0.15) is 28.4 Å². The van der Waals surface area contributed by atoms with Gasteiger partial charge in [0.2, 0.25) is 0 Å². The number of carbonyl (C=O) groups is 1. The van der Waals surface area contributed by atoms with Crippen molar-refractivity contribution in [2.45, 2.75) is 11.6 Å². The molecule has 3 aromatic carbocycles. The number of anilines is 1. The molecule has 0 spiro atoms. The zero-order chi connectivity index (χ0) is 21.7. The minimum absolute atomic E-state index is 0.290. The largest absolute Gasteiger partial charge is 0.480 e. The first-order chi connectivity index (χ1) is 15.1. The van der Waals surface area contributed by atoms with E-state index in [9.17, 15) is 9.90 Å². The van der Waals surface area contributed by atoms with Crippen molar-refractivity contribution in [3.05, 3.63) is 119 Å². The van der Waals surface area contributed by atoms with Crippen molar-refractivity contribution in [2.24, 2.45) is 0 Å². The fourth-order valence-corrected chi connectivity index (χ4v) is 4.10. The average Bonchev–Trinajstić information content (AvgIpc) is 3.24. The number of hydrogen-bond donors (Lipinski definition) is 3. The Labute approximate surface area is 183 Å². The van der Waals surface area contributed by atoms with Gasteiger partial charge in [-0.2, -0.15) is 5.48 Å². The molecule has 7 heteroatoms. The Hall–Kier alpha value is -3.52. The molecule has 0 amide bonds. The minimum Gasteiger partial charge on any atom is -0.480 e. The molecule has 4 N–H and O–H groups in total. The molecule has 31 heavy (non-hydrogen) atoms. The maximum absolute atomic E-state index is 12.0. The summed E-state index contributed by atoms with van der Waals surface area (Å²) in [5.41, 5.74) is 10.2. The number of rotatable bonds is 8. The lowest BCUT2D eigenvalue weighted by Gasteiger charge is -2.36. The summed E-state index contributed by atoms with van der Waals surface area (Å²) in [5.74, 6) is -1.12. The predicted octanol–water partition coefficient (Wildman–Crippen LogP) is 4.36. The van der Waals surface area contributed by atoms with Gasteiger partial charge in [0.1, 0.15) is 0 Å². The van der Waals surface area contributed by atoms with Gasteiger partial charge in [-0.3, -0.25) is 9.63 Å². The van der Waals surface area contributed by atoms with Crippen molar-refractivity contribution in [2.75, 3.05) is 5.73 Å². The second-order valence-corrected chi connectivity index (χ2v) is 7.77. The second-order valence-electron chi connectivity index (χ2n) is 6.88. The van der Waals surface area contributed by atoms with E-state index < -0.39 is 17.6 Å². The number of aliphatic carboxylic acids is 1. The number of thiazole rings is 1. The maximum atomic E-state index is 12.0. The molecule has 1 aromatic heterocycles. The maximum Gasteiger partial charge on any atom is 0.329 e. The highest BCUT2D eigenvalue weighted by atomic mass is 32.1. The molecule has 4 rings (SSSR count). The first kappa shape index (κ1) is 20.7. The number of aromatic nitrogens is 1. The van der Waals surface area contributed by atoms with Gasteiger partial charge in [-0.1, -0.05) is 91.0 Å². The molecule has 0 aliphatic carbocycles. The van der Waals surface area contributed by atoms with Crippen molar-refractivity contribution in [3.63, 3.8) is 0 Å². The van der Waals surface area contributed by atoms with E-state index >= 15 is 0 Å². The third kappa shape index (κ3) is 4.20. The van der Waals surface area contributed by atoms with E-state index in [4.69, 9.17) is 10.6 Å². The van der Waals surface area contributed by atoms with Crippen molar-refractivity contribution in [1.29, 1.82) is 0 Å². The molecule has 156 valence electrons. The molecule has 1 atom stereocenters. The van der Waals surface area contributed by atoms with Crippen molar-refractivity contribution < 1.29 is 14.7 Å². The number of hydrogen-bond acceptors (Lipinski definition) is 6. The van der Waals surface area contributed by atoms with E-state index in [-0.39, 0.29) is 5.69 Å². The van der Waals surface area contributed by atoms with E-state index in [2.05, 4.69) is 10.5 Å². The van der Waals surface area contributed by atoms with Gasteiger partial charge in [0.25, 0.3) is 0 Å². The molecule has 0 radical (unpaired) electrons. The van der Waals surface area contributed by atoms with Gasteiger partial charge in [0.15, 0.2) is 16.8 Å². The van der Waals surface area contributed by atoms with E-state index in [1.165, 1.54) is 11.3 Å². The Morgan fingerprint density at radius 2 is 1.35 bits per heavy atom. The quantitative estimate of drug-likeness (QED) is 0.283. The number of nitrogens with two attached hydrogens (primary N) is 1. The first-order valence-electron chi connectivity index (χ1n) is 9.65. The Kier molecular flexibility index (Phi) is 6.08. The zero-order valence-corrected chi connectivity index (χ0v) is 17.3. The van der Waals surface area contributed by atoms with Crippen molar-refractivity contribution in [1.82, 2.24) is 10.5 Å². The summed E-state index contributed by atoms with van der Waals surface area (Å²) in [6, 6.07) is 27.9. The van der Waals surface area contributed by atoms with Crippen LogP contribution in [0.25, 0.3) is 0 Å². The van der Waals surface area contributed by atoms with Gasteiger partial charge >= 0.3 is 5.97 Å². The first-order valence-corrected chi connectivity index (χ1v) is 10.5. The van der Waals surface area contributed by atoms with Crippen LogP contribution in [0.3, 0.4) is 0 Å². The predicted molar refractivity (Wildman–Crippen MR) is 120 cm³/mol. The minimum atomic E-state index is -1.19. The molecule has 6 nitrogen and oxygen atoms in total. The molecule has 0 aliphatic rings. The Morgan fingerprint density at radius 3 is 1.71 bits per heavy atom. The van der Waals surface area contributed by atoms with E-state index in [1.807, 2.05) is 91.0 Å². The Bertz CT molecular complexity index is 1040. The smallest absolute Gasteiger partial charge is 0.329 e. The Morgan fingerprint density at radius 1 is 0.903 bits per heavy atom. The average molecular weight is 432 g/mol. The van der Waals surface area contributed by atoms with Crippen LogP contribution < -0.4 is 11.2 Å². The van der Waals surface area contributed by atoms with Crippen LogP contribution in [0, 0.1) is 0 Å². The SMILES string of the molecule is Nc1nc(C(NOC(c2ccccc2)(c2ccccc2)c2ccccc2)C(=O)O)cs1. The Balaban J connectivity index is 1.85. The topological polar surface area (TPSA) is 97.5 Å². The zero-order valence-electron chi connectivity index (χ0n) is 16.5. The van der Waals surface area contributed by atoms with Crippen LogP contribution in [-0.2, 0) is 15.2 Å². The van der Waals surface area contributed by atoms with Crippen LogP contribution >= 0.6 is 11.3 Å². The summed E-state index contributed by atoms with van der Waals surface area (Å²) >= 11 is 1.18. The highest BCUT2D eigenvalue weighted by Crippen LogP contribution is 2.40. The third-order valence-electron chi connectivity index (χ3n) is 4.95. The summed E-state index contributed by atoms with van der Waals surface area (Å²) in [7, 11) is 0. The molecule has 0 aliphatic heterocycles. The summed E-state index contributed by atoms with van der Waals surface area (Å²) in [5, 5.41) is 11.7. The van der Waals surface area contributed by atoms with Gasteiger partial charge in [-0.05, 0) is 16.7 Å². The van der Waals surface area contributed by atoms with Crippen LogP contribution in [0.2, 0.25) is 0 Å². The lowest BCUT2D eigenvalue weighted by molar-refractivity contribution is -0.149. The number of nitrogen functional groups attached to an aromatic ring is 1. The number of benzene rings is 3. The normalized spacial score (nSPS) is 12.4. The summed E-state index contributed by atoms with van der Waals surface area (Å²) in [6.45, 7) is 0. The lowest BCUT2D eigenvalue weighted by Crippen LogP contribution is -2.41. The molecule has 0 fully saturated rings. The molecule has 4 aromatic rings. The number of carboxylic acids is 1. The van der Waals surface area contributed by atoms with Crippen LogP contribution in [0.5, 0.6) is 0 Å². The molecule has 1 heterocycles. The highest BCUT2D eigenvalue weighted by Gasteiger charge is 2.40. The number of nitrogens with one attached hydrogen (secondary N) is 1. The fraction of sp³-hybridized carbons (Fsp3) is 0.0833. The molecule has 1 unspecified atom stereocenters. The molecular formula is C24H21N3O3S. The standard InChI is InChI=1S/C24H21N3O3S/c25-23-26-20(16-31-23)21(22(28)29)27-30-24(17-10-4-1-5-11-17,18-12-6-2-7-13-18)19-14-8-3-9-15-19/h1-16,21,27H,(H2,25,26)(H,28,29). The van der Waals surface area contributed by atoms with Crippen molar-refractivity contribution >= 4 is 22.4 Å². The van der Waals surface area contributed by atoms with E-state index in [1.54, 1.807) is 5.38 Å². The molecule has 0 bridgehead atoms. The molecular weight excluding hydrogens is 410 g/mol. The van der Waals surface area contributed by atoms with Gasteiger partial charge in [-0.15, -0.1) is 11.3 Å². The molecule has 0 saturated carbocycles. The van der Waals surface area contributed by atoms with E-state index in [0.717, 1.165) is 16.7 Å². The highest BCUT2D eigenvalue weighted by molar-refractivity contribution is 7.13. The number of carboxylic acid groups (broad SMARTS) is 1. The van der Waals surface area contributed by atoms with E-state index in [0.29, 0.717) is 5.13 Å². The van der Waals surface area contributed by atoms with Crippen LogP contribution in [0.15, 0.2) is 96.4 Å². The molecule has 0 saturated heterocycles. The third-order valence-corrected chi connectivity index (χ3v) is 5.65. The van der Waals surface area contributed by atoms with Gasteiger partial charge < -0.3 is 10.8 Å². The van der Waals surface area contributed by atoms with Gasteiger partial charge in [0.05, 0.1) is 5.69 Å². The number of hydroxylamine groups is 1. The number of nitrogens with zero attached hydrogens (tertiary/aromatic N) is 1. The van der Waals surface area contributed by atoms with Gasteiger partial charge in [-0.25, -0.2) is 4.98 Å². The summed E-state index contributed by atoms with van der Waals surface area (Å²) in [4.78, 5) is 22.5. The lowest BCUT2D eigenvalue weighted by atomic mass is 9.80. The van der Waals surface area contributed by atoms with Crippen molar-refractivity contribution in [3.8, 4) is 0 Å².